The first-order valence-corrected chi connectivity index (χ1v) is 4.95. The van der Waals surface area contributed by atoms with Crippen molar-refractivity contribution in [1.29, 1.82) is 0 Å². The molecule has 0 aliphatic heterocycles. The number of carbonyl (C=O) groups is 1. The largest absolute Gasteiger partial charge is 0.323 e. The van der Waals surface area contributed by atoms with Crippen LogP contribution < -0.4 is 11.1 Å². The van der Waals surface area contributed by atoms with Crippen LogP contribution in [0.1, 0.15) is 13.8 Å². The lowest BCUT2D eigenvalue weighted by atomic mass is 10.1. The summed E-state index contributed by atoms with van der Waals surface area (Å²) in [4.78, 5) is 21.8. The standard InChI is InChI=1S/C10H12ClN3O2/c1-10(2,12)9(15)13-8-4-3-6(14-16)5-7(8)11/h3-5H,12H2,1-2H3,(H,13,15). The molecule has 0 aliphatic carbocycles. The SMILES string of the molecule is CC(C)(N)C(=O)Nc1ccc(N=O)cc1Cl. The first kappa shape index (κ1) is 12.6. The van der Waals surface area contributed by atoms with Gasteiger partial charge >= 0.3 is 0 Å². The minimum absolute atomic E-state index is 0.204. The number of nitrogens with one attached hydrogen (secondary N) is 1. The van der Waals surface area contributed by atoms with E-state index in [2.05, 4.69) is 10.5 Å². The first-order chi connectivity index (χ1) is 7.34. The van der Waals surface area contributed by atoms with Crippen molar-refractivity contribution in [2.75, 3.05) is 5.32 Å². The zero-order chi connectivity index (χ0) is 12.3. The monoisotopic (exact) mass is 241 g/mol. The number of rotatable bonds is 3. The number of hydrogen-bond donors (Lipinski definition) is 2. The zero-order valence-electron chi connectivity index (χ0n) is 8.95. The fraction of sp³-hybridized carbons (Fsp3) is 0.300. The predicted octanol–water partition coefficient (Wildman–Crippen LogP) is 2.41. The van der Waals surface area contributed by atoms with E-state index in [4.69, 9.17) is 17.3 Å². The van der Waals surface area contributed by atoms with Crippen molar-refractivity contribution >= 4 is 28.9 Å². The van der Waals surface area contributed by atoms with E-state index in [0.29, 0.717) is 5.69 Å². The van der Waals surface area contributed by atoms with Crippen LogP contribution in [0.2, 0.25) is 5.02 Å². The van der Waals surface area contributed by atoms with Gasteiger partial charge in [0, 0.05) is 0 Å². The minimum Gasteiger partial charge on any atom is -0.323 e. The Kier molecular flexibility index (Phi) is 3.62. The van der Waals surface area contributed by atoms with Gasteiger partial charge in [-0.1, -0.05) is 11.6 Å². The Bertz CT molecular complexity index is 427. The Morgan fingerprint density at radius 2 is 2.12 bits per heavy atom. The molecule has 1 aromatic carbocycles. The summed E-state index contributed by atoms with van der Waals surface area (Å²) < 4.78 is 0. The van der Waals surface area contributed by atoms with E-state index in [1.165, 1.54) is 18.2 Å². The number of halogens is 1. The van der Waals surface area contributed by atoms with E-state index in [1.54, 1.807) is 13.8 Å². The van der Waals surface area contributed by atoms with Crippen molar-refractivity contribution in [3.05, 3.63) is 28.1 Å². The third-order valence-corrected chi connectivity index (χ3v) is 2.20. The summed E-state index contributed by atoms with van der Waals surface area (Å²) in [7, 11) is 0. The fourth-order valence-corrected chi connectivity index (χ4v) is 1.17. The molecular formula is C10H12ClN3O2. The van der Waals surface area contributed by atoms with Gasteiger partial charge < -0.3 is 11.1 Å². The number of amides is 1. The highest BCUT2D eigenvalue weighted by Gasteiger charge is 2.22. The number of nitrogens with zero attached hydrogens (tertiary/aromatic N) is 1. The summed E-state index contributed by atoms with van der Waals surface area (Å²) in [5.41, 5.74) is 5.22. The van der Waals surface area contributed by atoms with Crippen LogP contribution in [-0.4, -0.2) is 11.4 Å². The van der Waals surface area contributed by atoms with Crippen molar-refractivity contribution in [1.82, 2.24) is 0 Å². The number of nitroso groups, excluding NO2 is 1. The Balaban J connectivity index is 2.91. The minimum atomic E-state index is -0.995. The number of anilines is 1. The number of hydrogen-bond acceptors (Lipinski definition) is 4. The second-order valence-electron chi connectivity index (χ2n) is 3.93. The van der Waals surface area contributed by atoms with Crippen molar-refractivity contribution in [3.8, 4) is 0 Å². The second kappa shape index (κ2) is 4.59. The van der Waals surface area contributed by atoms with E-state index in [0.717, 1.165) is 0 Å². The number of nitrogens with two attached hydrogens (primary N) is 1. The third kappa shape index (κ3) is 3.01. The molecule has 1 rings (SSSR count). The van der Waals surface area contributed by atoms with E-state index in [9.17, 15) is 9.70 Å². The van der Waals surface area contributed by atoms with Crippen LogP contribution in [0, 0.1) is 4.91 Å². The van der Waals surface area contributed by atoms with Crippen LogP contribution in [-0.2, 0) is 4.79 Å². The van der Waals surface area contributed by atoms with Gasteiger partial charge in [0.2, 0.25) is 5.91 Å². The summed E-state index contributed by atoms with van der Waals surface area (Å²) in [6.45, 7) is 3.16. The lowest BCUT2D eigenvalue weighted by molar-refractivity contribution is -0.120. The maximum absolute atomic E-state index is 11.6. The van der Waals surface area contributed by atoms with Gasteiger partial charge in [-0.25, -0.2) is 0 Å². The molecule has 0 unspecified atom stereocenters. The molecule has 0 bridgehead atoms. The highest BCUT2D eigenvalue weighted by molar-refractivity contribution is 6.34. The normalized spacial score (nSPS) is 11.0. The topological polar surface area (TPSA) is 84.6 Å². The average molecular weight is 242 g/mol. The van der Waals surface area contributed by atoms with Gasteiger partial charge in [-0.15, -0.1) is 4.91 Å². The van der Waals surface area contributed by atoms with Crippen LogP contribution in [0.25, 0.3) is 0 Å². The van der Waals surface area contributed by atoms with Gasteiger partial charge in [-0.05, 0) is 37.2 Å². The molecular weight excluding hydrogens is 230 g/mol. The lowest BCUT2D eigenvalue weighted by Crippen LogP contribution is -2.45. The Morgan fingerprint density at radius 1 is 1.50 bits per heavy atom. The van der Waals surface area contributed by atoms with Gasteiger partial charge in [0.05, 0.1) is 16.2 Å². The van der Waals surface area contributed by atoms with Crippen LogP contribution in [0.5, 0.6) is 0 Å². The number of carbonyl (C=O) groups excluding carboxylic acids is 1. The summed E-state index contributed by atoms with van der Waals surface area (Å²) in [6, 6.07) is 4.33. The molecule has 0 fully saturated rings. The Morgan fingerprint density at radius 3 is 2.56 bits per heavy atom. The molecule has 5 nitrogen and oxygen atoms in total. The van der Waals surface area contributed by atoms with E-state index in [-0.39, 0.29) is 16.6 Å². The zero-order valence-corrected chi connectivity index (χ0v) is 9.71. The Hall–Kier alpha value is -1.46. The molecule has 86 valence electrons. The molecule has 1 aromatic rings. The highest BCUT2D eigenvalue weighted by Crippen LogP contribution is 2.27. The maximum Gasteiger partial charge on any atom is 0.243 e. The molecule has 0 saturated heterocycles. The van der Waals surface area contributed by atoms with E-state index >= 15 is 0 Å². The third-order valence-electron chi connectivity index (χ3n) is 1.89. The number of benzene rings is 1. The summed E-state index contributed by atoms with van der Waals surface area (Å²) in [6.07, 6.45) is 0. The summed E-state index contributed by atoms with van der Waals surface area (Å²) >= 11 is 5.85. The second-order valence-corrected chi connectivity index (χ2v) is 4.34. The molecule has 0 aromatic heterocycles. The molecule has 6 heteroatoms. The molecule has 0 atom stereocenters. The summed E-state index contributed by atoms with van der Waals surface area (Å²) in [5.74, 6) is -0.360. The lowest BCUT2D eigenvalue weighted by Gasteiger charge is -2.18. The van der Waals surface area contributed by atoms with Crippen LogP contribution in [0.3, 0.4) is 0 Å². The molecule has 0 aliphatic rings. The average Bonchev–Trinajstić information content (AvgIpc) is 2.19. The quantitative estimate of drug-likeness (QED) is 0.797. The van der Waals surface area contributed by atoms with Gasteiger partial charge in [-0.2, -0.15) is 0 Å². The molecule has 3 N–H and O–H groups in total. The van der Waals surface area contributed by atoms with Crippen LogP contribution in [0.4, 0.5) is 11.4 Å². The Labute approximate surface area is 97.9 Å². The van der Waals surface area contributed by atoms with Crippen LogP contribution in [0.15, 0.2) is 23.4 Å². The summed E-state index contributed by atoms with van der Waals surface area (Å²) in [5, 5.41) is 5.54. The van der Waals surface area contributed by atoms with Crippen molar-refractivity contribution in [2.45, 2.75) is 19.4 Å². The van der Waals surface area contributed by atoms with E-state index in [1.807, 2.05) is 0 Å². The highest BCUT2D eigenvalue weighted by atomic mass is 35.5. The van der Waals surface area contributed by atoms with Crippen LogP contribution >= 0.6 is 11.6 Å². The molecule has 0 saturated carbocycles. The van der Waals surface area contributed by atoms with Crippen molar-refractivity contribution < 1.29 is 4.79 Å². The van der Waals surface area contributed by atoms with Gasteiger partial charge in [0.15, 0.2) is 0 Å². The predicted molar refractivity (Wildman–Crippen MR) is 63.8 cm³/mol. The smallest absolute Gasteiger partial charge is 0.243 e. The molecule has 0 heterocycles. The van der Waals surface area contributed by atoms with Gasteiger partial charge in [-0.3, -0.25) is 4.79 Å². The molecule has 16 heavy (non-hydrogen) atoms. The van der Waals surface area contributed by atoms with Crippen molar-refractivity contribution in [2.24, 2.45) is 10.9 Å². The van der Waals surface area contributed by atoms with Gasteiger partial charge in [0.25, 0.3) is 0 Å². The van der Waals surface area contributed by atoms with E-state index < -0.39 is 5.54 Å². The van der Waals surface area contributed by atoms with Gasteiger partial charge in [0.1, 0.15) is 5.69 Å². The maximum atomic E-state index is 11.6. The fourth-order valence-electron chi connectivity index (χ4n) is 0.946. The first-order valence-electron chi connectivity index (χ1n) is 4.58. The molecule has 0 spiro atoms. The van der Waals surface area contributed by atoms with Crippen molar-refractivity contribution in [3.63, 3.8) is 0 Å². The molecule has 0 radical (unpaired) electrons. The molecule has 1 amide bonds.